The second kappa shape index (κ2) is 9.20. The average Bonchev–Trinajstić information content (AvgIpc) is 3.15. The van der Waals surface area contributed by atoms with E-state index in [1.54, 1.807) is 0 Å². The summed E-state index contributed by atoms with van der Waals surface area (Å²) in [7, 11) is 1.97. The third kappa shape index (κ3) is 4.32. The largest absolute Gasteiger partial charge is 0.379 e. The zero-order valence-corrected chi connectivity index (χ0v) is 19.0. The lowest BCUT2D eigenvalue weighted by Gasteiger charge is -2.40. The van der Waals surface area contributed by atoms with Crippen LogP contribution in [0.2, 0.25) is 0 Å². The number of rotatable bonds is 5. The van der Waals surface area contributed by atoms with Crippen LogP contribution in [0.25, 0.3) is 0 Å². The highest BCUT2D eigenvalue weighted by Crippen LogP contribution is 2.43. The van der Waals surface area contributed by atoms with Gasteiger partial charge in [-0.15, -0.1) is 22.0 Å². The Balaban J connectivity index is 1.29. The van der Waals surface area contributed by atoms with Gasteiger partial charge in [-0.2, -0.15) is 0 Å². The summed E-state index contributed by atoms with van der Waals surface area (Å²) >= 11 is 3.27. The van der Waals surface area contributed by atoms with Crippen LogP contribution in [-0.4, -0.2) is 68.9 Å². The van der Waals surface area contributed by atoms with E-state index in [4.69, 9.17) is 4.74 Å². The number of ether oxygens (including phenoxy) is 1. The van der Waals surface area contributed by atoms with Gasteiger partial charge in [-0.25, -0.2) is 0 Å². The summed E-state index contributed by atoms with van der Waals surface area (Å²) in [6.45, 7) is 4.08. The highest BCUT2D eigenvalue weighted by molar-refractivity contribution is 8.00. The van der Waals surface area contributed by atoms with Crippen molar-refractivity contribution in [2.45, 2.75) is 27.9 Å². The molecule has 5 rings (SSSR count). The van der Waals surface area contributed by atoms with Crippen molar-refractivity contribution >= 4 is 35.1 Å². The summed E-state index contributed by atoms with van der Waals surface area (Å²) in [6.07, 6.45) is 8.40. The second-order valence-corrected chi connectivity index (χ2v) is 9.87. The minimum atomic E-state index is 0.0365. The van der Waals surface area contributed by atoms with E-state index in [1.165, 1.54) is 11.8 Å². The number of allylic oxidation sites excluding steroid dienone is 2. The van der Waals surface area contributed by atoms with Gasteiger partial charge in [0.05, 0.1) is 42.5 Å². The summed E-state index contributed by atoms with van der Waals surface area (Å²) in [5.74, 6) is 1.32. The van der Waals surface area contributed by atoms with Crippen LogP contribution in [0.4, 0.5) is 5.69 Å². The van der Waals surface area contributed by atoms with Crippen molar-refractivity contribution in [3.8, 4) is 0 Å². The second-order valence-electron chi connectivity index (χ2n) is 7.71. The lowest BCUT2D eigenvalue weighted by Crippen LogP contribution is -2.48. The molecule has 1 fully saturated rings. The maximum Gasteiger partial charge on any atom is 0.238 e. The molecule has 0 unspecified atom stereocenters. The monoisotopic (exact) mass is 455 g/mol. The molecule has 0 N–H and O–H groups in total. The van der Waals surface area contributed by atoms with Gasteiger partial charge in [0.2, 0.25) is 5.91 Å². The molecule has 0 radical (unpaired) electrons. The fourth-order valence-corrected chi connectivity index (χ4v) is 6.09. The summed E-state index contributed by atoms with van der Waals surface area (Å²) in [4.78, 5) is 18.8. The Morgan fingerprint density at radius 2 is 2.00 bits per heavy atom. The number of amides is 1. The third-order valence-corrected chi connectivity index (χ3v) is 8.04. The number of nitrogens with zero attached hydrogens (tertiary/aromatic N) is 5. The van der Waals surface area contributed by atoms with Crippen molar-refractivity contribution in [1.82, 2.24) is 19.7 Å². The summed E-state index contributed by atoms with van der Waals surface area (Å²) in [6, 6.07) is 8.19. The van der Waals surface area contributed by atoms with E-state index in [0.717, 1.165) is 54.4 Å². The predicted octanol–water partition coefficient (Wildman–Crippen LogP) is 2.74. The first-order valence-electron chi connectivity index (χ1n) is 10.4. The molecule has 162 valence electrons. The predicted molar refractivity (Wildman–Crippen MR) is 123 cm³/mol. The molecular weight excluding hydrogens is 430 g/mol. The zero-order chi connectivity index (χ0) is 21.2. The molecule has 1 aromatic carbocycles. The Morgan fingerprint density at radius 1 is 1.19 bits per heavy atom. The molecule has 0 spiro atoms. The Bertz CT molecular complexity index is 1020. The van der Waals surface area contributed by atoms with Crippen LogP contribution in [0.5, 0.6) is 0 Å². The summed E-state index contributed by atoms with van der Waals surface area (Å²) in [5.41, 5.74) is 0.991. The Labute approximate surface area is 190 Å². The van der Waals surface area contributed by atoms with Crippen LogP contribution in [-0.2, 0) is 23.1 Å². The zero-order valence-electron chi connectivity index (χ0n) is 17.4. The molecule has 7 nitrogen and oxygen atoms in total. The van der Waals surface area contributed by atoms with Crippen LogP contribution >= 0.6 is 23.5 Å². The first-order valence-corrected chi connectivity index (χ1v) is 12.3. The van der Waals surface area contributed by atoms with E-state index < -0.39 is 0 Å². The van der Waals surface area contributed by atoms with Crippen LogP contribution in [0.15, 0.2) is 58.6 Å². The topological polar surface area (TPSA) is 63.5 Å². The molecule has 0 bridgehead atoms. The van der Waals surface area contributed by atoms with Crippen molar-refractivity contribution in [2.24, 2.45) is 7.05 Å². The minimum Gasteiger partial charge on any atom is -0.379 e. The normalized spacial score (nSPS) is 22.9. The Kier molecular flexibility index (Phi) is 6.17. The average molecular weight is 456 g/mol. The van der Waals surface area contributed by atoms with Crippen molar-refractivity contribution in [3.63, 3.8) is 0 Å². The molecule has 1 aromatic heterocycles. The molecule has 31 heavy (non-hydrogen) atoms. The smallest absolute Gasteiger partial charge is 0.238 e. The number of hydrogen-bond acceptors (Lipinski definition) is 7. The Morgan fingerprint density at radius 3 is 2.87 bits per heavy atom. The van der Waals surface area contributed by atoms with E-state index in [9.17, 15) is 4.79 Å². The highest BCUT2D eigenvalue weighted by Gasteiger charge is 2.36. The molecule has 3 aliphatic rings. The number of hydrogen-bond donors (Lipinski definition) is 0. The lowest BCUT2D eigenvalue weighted by atomic mass is 10.0. The number of thioether (sulfide) groups is 2. The van der Waals surface area contributed by atoms with Gasteiger partial charge >= 0.3 is 0 Å². The molecule has 2 aliphatic heterocycles. The van der Waals surface area contributed by atoms with Crippen LogP contribution in [0.3, 0.4) is 0 Å². The van der Waals surface area contributed by atoms with Crippen LogP contribution in [0, 0.1) is 0 Å². The number of carbonyl (C=O) groups is 1. The Hall–Kier alpha value is -2.07. The maximum absolute atomic E-state index is 13.4. The van der Waals surface area contributed by atoms with E-state index >= 15 is 0 Å². The van der Waals surface area contributed by atoms with Gasteiger partial charge in [-0.3, -0.25) is 9.69 Å². The van der Waals surface area contributed by atoms with Crippen molar-refractivity contribution < 1.29 is 9.53 Å². The van der Waals surface area contributed by atoms with Crippen LogP contribution < -0.4 is 4.90 Å². The summed E-state index contributed by atoms with van der Waals surface area (Å²) < 4.78 is 7.42. The van der Waals surface area contributed by atoms with E-state index in [1.807, 2.05) is 52.6 Å². The highest BCUT2D eigenvalue weighted by atomic mass is 32.2. The third-order valence-electron chi connectivity index (χ3n) is 5.73. The van der Waals surface area contributed by atoms with Gasteiger partial charge in [0.15, 0.2) is 5.16 Å². The first-order chi connectivity index (χ1) is 15.2. The van der Waals surface area contributed by atoms with Gasteiger partial charge in [0.1, 0.15) is 5.82 Å². The number of morpholine rings is 1. The van der Waals surface area contributed by atoms with Crippen molar-refractivity contribution in [2.75, 3.05) is 37.0 Å². The first kappa shape index (κ1) is 20.8. The molecule has 1 saturated heterocycles. The number of benzene rings is 1. The molecule has 3 heterocycles. The standard InChI is InChI=1S/C22H25N5O2S2/c1-25-20(14-26-10-12-29-13-11-26)23-24-22(25)30-15-21(28)27-16-6-2-4-8-18(16)31-19-9-5-3-7-17(19)27/h2-9,16,18H,10-15H2,1H3/t16-,18+/m0/s1. The van der Waals surface area contributed by atoms with Gasteiger partial charge in [0, 0.05) is 25.0 Å². The molecule has 9 heteroatoms. The lowest BCUT2D eigenvalue weighted by molar-refractivity contribution is -0.116. The van der Waals surface area contributed by atoms with Crippen molar-refractivity contribution in [1.29, 1.82) is 0 Å². The molecule has 1 aliphatic carbocycles. The number of para-hydroxylation sites is 1. The minimum absolute atomic E-state index is 0.0365. The number of anilines is 1. The van der Waals surface area contributed by atoms with E-state index in [2.05, 4.69) is 39.4 Å². The fraction of sp³-hybridized carbons (Fsp3) is 0.409. The van der Waals surface area contributed by atoms with Gasteiger partial charge in [0.25, 0.3) is 0 Å². The molecule has 1 amide bonds. The molecule has 2 atom stereocenters. The van der Waals surface area contributed by atoms with Gasteiger partial charge in [-0.05, 0) is 12.1 Å². The maximum atomic E-state index is 13.4. The molecular formula is C22H25N5O2S2. The SMILES string of the molecule is Cn1c(CN2CCOCC2)nnc1SCC(=O)N1c2ccccc2S[C@@H]2C=CC=C[C@@H]21. The fourth-order valence-electron chi connectivity index (χ4n) is 4.04. The van der Waals surface area contributed by atoms with E-state index in [0.29, 0.717) is 5.75 Å². The quantitative estimate of drug-likeness (QED) is 0.643. The van der Waals surface area contributed by atoms with Gasteiger partial charge in [-0.1, -0.05) is 48.2 Å². The van der Waals surface area contributed by atoms with Crippen molar-refractivity contribution in [3.05, 3.63) is 54.4 Å². The van der Waals surface area contributed by atoms with Crippen LogP contribution in [0.1, 0.15) is 5.82 Å². The number of aromatic nitrogens is 3. The van der Waals surface area contributed by atoms with E-state index in [-0.39, 0.29) is 17.2 Å². The molecule has 0 saturated carbocycles. The van der Waals surface area contributed by atoms with Gasteiger partial charge < -0.3 is 14.2 Å². The molecule has 2 aromatic rings. The number of fused-ring (bicyclic) bond motifs is 2. The number of carbonyl (C=O) groups excluding carboxylic acids is 1. The summed E-state index contributed by atoms with van der Waals surface area (Å²) in [5, 5.41) is 9.71.